The van der Waals surface area contributed by atoms with Gasteiger partial charge in [-0.05, 0) is 61.4 Å². The van der Waals surface area contributed by atoms with Crippen molar-refractivity contribution in [1.82, 2.24) is 9.62 Å². The van der Waals surface area contributed by atoms with Crippen LogP contribution in [-0.4, -0.2) is 50.1 Å². The molecule has 2 amide bonds. The molecule has 2 N–H and O–H groups in total. The van der Waals surface area contributed by atoms with Gasteiger partial charge in [0.15, 0.2) is 0 Å². The second-order valence-corrected chi connectivity index (χ2v) is 10.5. The number of amides is 2. The first kappa shape index (κ1) is 22.5. The number of nitrogens with one attached hydrogen (secondary N) is 2. The molecule has 2 aromatic rings. The average Bonchev–Trinajstić information content (AvgIpc) is 3.43. The molecule has 10 heteroatoms. The predicted octanol–water partition coefficient (Wildman–Crippen LogP) is 3.24. The maximum Gasteiger partial charge on any atom is 0.264 e. The molecule has 1 aromatic carbocycles. The molecular weight excluding hydrogens is 448 g/mol. The molecule has 1 atom stereocenters. The van der Waals surface area contributed by atoms with Crippen LogP contribution in [0.25, 0.3) is 0 Å². The summed E-state index contributed by atoms with van der Waals surface area (Å²) in [7, 11) is -3.73. The van der Waals surface area contributed by atoms with Gasteiger partial charge in [0, 0.05) is 25.2 Å². The first-order chi connectivity index (χ1) is 15.4. The van der Waals surface area contributed by atoms with Crippen LogP contribution in [0.4, 0.5) is 5.69 Å². The van der Waals surface area contributed by atoms with Crippen LogP contribution in [0.5, 0.6) is 0 Å². The van der Waals surface area contributed by atoms with E-state index in [9.17, 15) is 18.0 Å². The van der Waals surface area contributed by atoms with Gasteiger partial charge in [0.05, 0.1) is 9.77 Å². The van der Waals surface area contributed by atoms with Crippen molar-refractivity contribution in [3.05, 3.63) is 46.7 Å². The third-order valence-corrected chi connectivity index (χ3v) is 7.86. The van der Waals surface area contributed by atoms with Crippen molar-refractivity contribution < 1.29 is 18.0 Å². The summed E-state index contributed by atoms with van der Waals surface area (Å²) in [6.45, 7) is 1.18. The van der Waals surface area contributed by atoms with E-state index in [-0.39, 0.29) is 16.7 Å². The Kier molecular flexibility index (Phi) is 6.90. The number of nitrogens with zero attached hydrogens (tertiary/aromatic N) is 2. The van der Waals surface area contributed by atoms with Crippen LogP contribution in [0.2, 0.25) is 0 Å². The second kappa shape index (κ2) is 9.83. The summed E-state index contributed by atoms with van der Waals surface area (Å²) in [4.78, 5) is 32.2. The van der Waals surface area contributed by atoms with E-state index in [0.29, 0.717) is 42.3 Å². The maximum atomic E-state index is 12.8. The molecule has 8 nitrogen and oxygen atoms in total. The SMILES string of the molecule is O=C(Nc1ccc(S(=O)(=O)NC2=NCCCCC2)cc1)[C@@H]1CCCN1C(=O)c1cccs1. The Bertz CT molecular complexity index is 1100. The molecule has 3 heterocycles. The summed E-state index contributed by atoms with van der Waals surface area (Å²) in [5.74, 6) is 0.0946. The molecule has 4 rings (SSSR count). The molecular formula is C22H26N4O4S2. The van der Waals surface area contributed by atoms with Crippen LogP contribution in [0, 0.1) is 0 Å². The van der Waals surface area contributed by atoms with Crippen molar-refractivity contribution in [2.75, 3.05) is 18.4 Å². The summed E-state index contributed by atoms with van der Waals surface area (Å²) >= 11 is 1.36. The summed E-state index contributed by atoms with van der Waals surface area (Å²) in [5, 5.41) is 4.65. The molecule has 32 heavy (non-hydrogen) atoms. The summed E-state index contributed by atoms with van der Waals surface area (Å²) < 4.78 is 27.9. The smallest absolute Gasteiger partial charge is 0.264 e. The number of carbonyl (C=O) groups excluding carboxylic acids is 2. The quantitative estimate of drug-likeness (QED) is 0.693. The van der Waals surface area contributed by atoms with E-state index in [4.69, 9.17) is 0 Å². The van der Waals surface area contributed by atoms with Crippen molar-refractivity contribution >= 4 is 44.7 Å². The number of rotatable bonds is 5. The molecule has 0 saturated carbocycles. The first-order valence-corrected chi connectivity index (χ1v) is 13.1. The van der Waals surface area contributed by atoms with Gasteiger partial charge in [-0.2, -0.15) is 0 Å². The number of hydrogen-bond acceptors (Lipinski definition) is 6. The van der Waals surface area contributed by atoms with E-state index in [2.05, 4.69) is 15.0 Å². The molecule has 2 aliphatic rings. The Morgan fingerprint density at radius 3 is 2.62 bits per heavy atom. The minimum absolute atomic E-state index is 0.109. The summed E-state index contributed by atoms with van der Waals surface area (Å²) in [5.41, 5.74) is 0.483. The van der Waals surface area contributed by atoms with Crippen LogP contribution in [0.3, 0.4) is 0 Å². The minimum Gasteiger partial charge on any atom is -0.326 e. The number of amidine groups is 1. The zero-order valence-corrected chi connectivity index (χ0v) is 19.3. The number of aliphatic imine (C=N–C) groups is 1. The number of anilines is 1. The second-order valence-electron chi connectivity index (χ2n) is 7.89. The number of carbonyl (C=O) groups is 2. The van der Waals surface area contributed by atoms with Crippen molar-refractivity contribution in [1.29, 1.82) is 0 Å². The molecule has 0 spiro atoms. The predicted molar refractivity (Wildman–Crippen MR) is 125 cm³/mol. The molecule has 0 radical (unpaired) electrons. The lowest BCUT2D eigenvalue weighted by molar-refractivity contribution is -0.119. The van der Waals surface area contributed by atoms with Gasteiger partial charge in [0.2, 0.25) is 5.91 Å². The lowest BCUT2D eigenvalue weighted by atomic mass is 10.2. The van der Waals surface area contributed by atoms with Gasteiger partial charge < -0.3 is 10.2 Å². The number of likely N-dealkylation sites (tertiary alicyclic amines) is 1. The zero-order valence-electron chi connectivity index (χ0n) is 17.6. The van der Waals surface area contributed by atoms with Crippen LogP contribution in [0.1, 0.15) is 48.2 Å². The fraction of sp³-hybridized carbons (Fsp3) is 0.409. The number of benzene rings is 1. The van der Waals surface area contributed by atoms with E-state index in [0.717, 1.165) is 25.7 Å². The molecule has 1 saturated heterocycles. The van der Waals surface area contributed by atoms with Gasteiger partial charge in [0.1, 0.15) is 11.9 Å². The minimum atomic E-state index is -3.73. The van der Waals surface area contributed by atoms with E-state index >= 15 is 0 Å². The third kappa shape index (κ3) is 5.18. The van der Waals surface area contributed by atoms with Gasteiger partial charge in [0.25, 0.3) is 15.9 Å². The van der Waals surface area contributed by atoms with Crippen molar-refractivity contribution in [3.63, 3.8) is 0 Å². The Labute approximate surface area is 191 Å². The van der Waals surface area contributed by atoms with Crippen LogP contribution >= 0.6 is 11.3 Å². The lowest BCUT2D eigenvalue weighted by Gasteiger charge is -2.23. The summed E-state index contributed by atoms with van der Waals surface area (Å²) in [6, 6.07) is 9.06. The van der Waals surface area contributed by atoms with Crippen LogP contribution in [-0.2, 0) is 14.8 Å². The third-order valence-electron chi connectivity index (χ3n) is 5.61. The Balaban J connectivity index is 1.40. The van der Waals surface area contributed by atoms with Crippen LogP contribution in [0.15, 0.2) is 51.7 Å². The highest BCUT2D eigenvalue weighted by molar-refractivity contribution is 7.90. The van der Waals surface area contributed by atoms with Crippen LogP contribution < -0.4 is 10.0 Å². The molecule has 0 bridgehead atoms. The normalized spacial score (nSPS) is 19.2. The molecule has 170 valence electrons. The zero-order chi connectivity index (χ0) is 22.6. The van der Waals surface area contributed by atoms with Gasteiger partial charge in [-0.25, -0.2) is 8.42 Å². The van der Waals surface area contributed by atoms with Gasteiger partial charge >= 0.3 is 0 Å². The number of hydrogen-bond donors (Lipinski definition) is 2. The maximum absolute atomic E-state index is 12.8. The fourth-order valence-corrected chi connectivity index (χ4v) is 5.71. The Hall–Kier alpha value is -2.72. The highest BCUT2D eigenvalue weighted by Gasteiger charge is 2.35. The Morgan fingerprint density at radius 1 is 1.06 bits per heavy atom. The molecule has 1 aromatic heterocycles. The van der Waals surface area contributed by atoms with E-state index in [1.807, 2.05) is 11.4 Å². The number of sulfonamides is 1. The Morgan fingerprint density at radius 2 is 1.88 bits per heavy atom. The standard InChI is InChI=1S/C22H26N4O4S2/c27-21(18-6-4-14-26(18)22(28)19-7-5-15-31-19)24-16-9-11-17(12-10-16)32(29,30)25-20-8-2-1-3-13-23-20/h5,7,9-12,15,18H,1-4,6,8,13-14H2,(H,23,25)(H,24,27)/t18-/m0/s1. The highest BCUT2D eigenvalue weighted by atomic mass is 32.2. The summed E-state index contributed by atoms with van der Waals surface area (Å²) in [6.07, 6.45) is 4.91. The van der Waals surface area contributed by atoms with E-state index in [1.165, 1.54) is 23.5 Å². The first-order valence-electron chi connectivity index (χ1n) is 10.8. The fourth-order valence-electron chi connectivity index (χ4n) is 3.94. The van der Waals surface area contributed by atoms with Crippen molar-refractivity contribution in [2.24, 2.45) is 4.99 Å². The molecule has 1 fully saturated rings. The molecule has 2 aliphatic heterocycles. The van der Waals surface area contributed by atoms with E-state index < -0.39 is 16.1 Å². The topological polar surface area (TPSA) is 108 Å². The van der Waals surface area contributed by atoms with Gasteiger partial charge in [-0.1, -0.05) is 12.5 Å². The van der Waals surface area contributed by atoms with Gasteiger partial charge in [-0.15, -0.1) is 11.3 Å². The van der Waals surface area contributed by atoms with Gasteiger partial charge in [-0.3, -0.25) is 19.3 Å². The van der Waals surface area contributed by atoms with Crippen molar-refractivity contribution in [3.8, 4) is 0 Å². The molecule has 0 unspecified atom stereocenters. The lowest BCUT2D eigenvalue weighted by Crippen LogP contribution is -2.42. The van der Waals surface area contributed by atoms with Crippen molar-refractivity contribution in [2.45, 2.75) is 49.5 Å². The monoisotopic (exact) mass is 474 g/mol. The largest absolute Gasteiger partial charge is 0.326 e. The highest BCUT2D eigenvalue weighted by Crippen LogP contribution is 2.24. The molecule has 0 aliphatic carbocycles. The average molecular weight is 475 g/mol. The van der Waals surface area contributed by atoms with E-state index in [1.54, 1.807) is 23.1 Å². The number of thiophene rings is 1.